The first-order chi connectivity index (χ1) is 12.9. The molecule has 1 fully saturated rings. The SMILES string of the molecule is CC(=O)Nc1ccc(C(=O)NC2CCC(Sc3nccn3C)CC2)c(C)c1. The second-order valence-corrected chi connectivity index (χ2v) is 8.36. The molecule has 7 heteroatoms. The molecule has 27 heavy (non-hydrogen) atoms. The fraction of sp³-hybridized carbons (Fsp3) is 0.450. The van der Waals surface area contributed by atoms with Crippen molar-refractivity contribution in [2.24, 2.45) is 7.05 Å². The minimum Gasteiger partial charge on any atom is -0.349 e. The Kier molecular flexibility index (Phi) is 6.21. The molecule has 0 saturated heterocycles. The van der Waals surface area contributed by atoms with E-state index in [1.807, 2.05) is 48.8 Å². The molecule has 1 heterocycles. The summed E-state index contributed by atoms with van der Waals surface area (Å²) >= 11 is 1.83. The summed E-state index contributed by atoms with van der Waals surface area (Å²) in [5.74, 6) is -0.158. The number of amides is 2. The van der Waals surface area contributed by atoms with Crippen LogP contribution < -0.4 is 10.6 Å². The minimum absolute atomic E-state index is 0.0397. The predicted molar refractivity (Wildman–Crippen MR) is 108 cm³/mol. The Morgan fingerprint density at radius 1 is 1.22 bits per heavy atom. The average molecular weight is 387 g/mol. The average Bonchev–Trinajstić information content (AvgIpc) is 3.01. The van der Waals surface area contributed by atoms with E-state index in [0.29, 0.717) is 16.5 Å². The molecule has 1 aromatic carbocycles. The second kappa shape index (κ2) is 8.61. The van der Waals surface area contributed by atoms with Crippen molar-refractivity contribution in [1.29, 1.82) is 0 Å². The smallest absolute Gasteiger partial charge is 0.251 e. The standard InChI is InChI=1S/C20H26N4O2S/c1-13-12-16(22-14(2)25)6-9-18(13)19(26)23-15-4-7-17(8-5-15)27-20-21-10-11-24(20)3/h6,9-12,15,17H,4-5,7-8H2,1-3H3,(H,22,25)(H,23,26). The maximum atomic E-state index is 12.6. The van der Waals surface area contributed by atoms with Gasteiger partial charge in [0, 0.05) is 48.9 Å². The molecule has 1 aliphatic rings. The van der Waals surface area contributed by atoms with E-state index in [2.05, 4.69) is 15.6 Å². The number of anilines is 1. The van der Waals surface area contributed by atoms with Crippen LogP contribution in [0.3, 0.4) is 0 Å². The number of nitrogens with zero attached hydrogens (tertiary/aromatic N) is 2. The Bertz CT molecular complexity index is 825. The molecule has 0 bridgehead atoms. The van der Waals surface area contributed by atoms with Gasteiger partial charge in [0.25, 0.3) is 5.91 Å². The van der Waals surface area contributed by atoms with Gasteiger partial charge in [0.2, 0.25) is 5.91 Å². The molecule has 0 aliphatic heterocycles. The Morgan fingerprint density at radius 3 is 2.56 bits per heavy atom. The molecule has 144 valence electrons. The number of hydrogen-bond donors (Lipinski definition) is 2. The first-order valence-corrected chi connectivity index (χ1v) is 10.1. The lowest BCUT2D eigenvalue weighted by Crippen LogP contribution is -2.38. The summed E-state index contributed by atoms with van der Waals surface area (Å²) in [5.41, 5.74) is 2.23. The summed E-state index contributed by atoms with van der Waals surface area (Å²) in [5, 5.41) is 7.52. The summed E-state index contributed by atoms with van der Waals surface area (Å²) in [6.45, 7) is 3.36. The molecule has 6 nitrogen and oxygen atoms in total. The molecular formula is C20H26N4O2S. The zero-order valence-electron chi connectivity index (χ0n) is 16.0. The molecule has 0 spiro atoms. The molecule has 0 unspecified atom stereocenters. The van der Waals surface area contributed by atoms with E-state index in [-0.39, 0.29) is 17.9 Å². The summed E-state index contributed by atoms with van der Waals surface area (Å²) in [4.78, 5) is 28.2. The number of benzene rings is 1. The van der Waals surface area contributed by atoms with Gasteiger partial charge in [-0.3, -0.25) is 9.59 Å². The molecule has 2 N–H and O–H groups in total. The van der Waals surface area contributed by atoms with E-state index in [1.54, 1.807) is 12.1 Å². The van der Waals surface area contributed by atoms with Crippen LogP contribution >= 0.6 is 11.8 Å². The fourth-order valence-electron chi connectivity index (χ4n) is 3.40. The highest BCUT2D eigenvalue weighted by atomic mass is 32.2. The van der Waals surface area contributed by atoms with Crippen LogP contribution in [0.1, 0.15) is 48.5 Å². The first kappa shape index (κ1) is 19.5. The van der Waals surface area contributed by atoms with E-state index >= 15 is 0 Å². The number of carbonyl (C=O) groups is 2. The van der Waals surface area contributed by atoms with Crippen molar-refractivity contribution in [1.82, 2.24) is 14.9 Å². The number of aryl methyl sites for hydroxylation is 2. The van der Waals surface area contributed by atoms with E-state index in [4.69, 9.17) is 0 Å². The van der Waals surface area contributed by atoms with Crippen molar-refractivity contribution >= 4 is 29.3 Å². The third kappa shape index (κ3) is 5.13. The monoisotopic (exact) mass is 386 g/mol. The van der Waals surface area contributed by atoms with Crippen LogP contribution in [0.2, 0.25) is 0 Å². The maximum Gasteiger partial charge on any atom is 0.251 e. The van der Waals surface area contributed by atoms with Gasteiger partial charge in [-0.2, -0.15) is 0 Å². The molecule has 0 radical (unpaired) electrons. The maximum absolute atomic E-state index is 12.6. The molecule has 2 aromatic rings. The van der Waals surface area contributed by atoms with Gasteiger partial charge >= 0.3 is 0 Å². The Balaban J connectivity index is 1.52. The third-order valence-corrected chi connectivity index (χ3v) is 6.26. The van der Waals surface area contributed by atoms with Crippen LogP contribution in [0.25, 0.3) is 0 Å². The van der Waals surface area contributed by atoms with Gasteiger partial charge in [-0.25, -0.2) is 4.98 Å². The van der Waals surface area contributed by atoms with E-state index in [9.17, 15) is 9.59 Å². The normalized spacial score (nSPS) is 19.5. The molecule has 1 saturated carbocycles. The zero-order valence-corrected chi connectivity index (χ0v) is 16.8. The molecular weight excluding hydrogens is 360 g/mol. The number of hydrogen-bond acceptors (Lipinski definition) is 4. The van der Waals surface area contributed by atoms with Crippen LogP contribution in [0, 0.1) is 6.92 Å². The number of rotatable bonds is 5. The van der Waals surface area contributed by atoms with Crippen molar-refractivity contribution in [2.75, 3.05) is 5.32 Å². The van der Waals surface area contributed by atoms with Gasteiger partial charge in [0.15, 0.2) is 5.16 Å². The van der Waals surface area contributed by atoms with Crippen LogP contribution in [0.4, 0.5) is 5.69 Å². The van der Waals surface area contributed by atoms with E-state index in [1.165, 1.54) is 6.92 Å². The van der Waals surface area contributed by atoms with Crippen LogP contribution in [-0.2, 0) is 11.8 Å². The van der Waals surface area contributed by atoms with Crippen molar-refractivity contribution in [2.45, 2.75) is 56.0 Å². The van der Waals surface area contributed by atoms with E-state index < -0.39 is 0 Å². The minimum atomic E-state index is -0.119. The Hall–Kier alpha value is -2.28. The van der Waals surface area contributed by atoms with Crippen molar-refractivity contribution < 1.29 is 9.59 Å². The number of aromatic nitrogens is 2. The lowest BCUT2D eigenvalue weighted by Gasteiger charge is -2.28. The van der Waals surface area contributed by atoms with Crippen molar-refractivity contribution in [3.63, 3.8) is 0 Å². The zero-order chi connectivity index (χ0) is 19.4. The largest absolute Gasteiger partial charge is 0.349 e. The second-order valence-electron chi connectivity index (χ2n) is 7.10. The highest BCUT2D eigenvalue weighted by molar-refractivity contribution is 7.99. The van der Waals surface area contributed by atoms with Gasteiger partial charge in [-0.15, -0.1) is 0 Å². The molecule has 1 aromatic heterocycles. The Labute approximate surface area is 164 Å². The van der Waals surface area contributed by atoms with Crippen LogP contribution in [-0.4, -0.2) is 32.7 Å². The lowest BCUT2D eigenvalue weighted by atomic mass is 9.94. The number of carbonyl (C=O) groups excluding carboxylic acids is 2. The molecule has 2 amide bonds. The predicted octanol–water partition coefficient (Wildman–Crippen LogP) is 3.52. The van der Waals surface area contributed by atoms with Crippen molar-refractivity contribution in [3.05, 3.63) is 41.7 Å². The summed E-state index contributed by atoms with van der Waals surface area (Å²) < 4.78 is 2.05. The number of nitrogens with one attached hydrogen (secondary N) is 2. The molecule has 3 rings (SSSR count). The third-order valence-electron chi connectivity index (χ3n) is 4.85. The van der Waals surface area contributed by atoms with E-state index in [0.717, 1.165) is 36.4 Å². The molecule has 1 aliphatic carbocycles. The van der Waals surface area contributed by atoms with Gasteiger partial charge < -0.3 is 15.2 Å². The van der Waals surface area contributed by atoms with Crippen molar-refractivity contribution in [3.8, 4) is 0 Å². The Morgan fingerprint density at radius 2 is 1.96 bits per heavy atom. The number of imidazole rings is 1. The van der Waals surface area contributed by atoms with Gasteiger partial charge in [-0.1, -0.05) is 11.8 Å². The van der Waals surface area contributed by atoms with Gasteiger partial charge in [-0.05, 0) is 56.4 Å². The quantitative estimate of drug-likeness (QED) is 0.824. The molecule has 0 atom stereocenters. The lowest BCUT2D eigenvalue weighted by molar-refractivity contribution is -0.114. The fourth-order valence-corrected chi connectivity index (χ4v) is 4.56. The highest BCUT2D eigenvalue weighted by Crippen LogP contribution is 2.32. The van der Waals surface area contributed by atoms with Gasteiger partial charge in [0.05, 0.1) is 0 Å². The van der Waals surface area contributed by atoms with Crippen LogP contribution in [0.15, 0.2) is 35.7 Å². The highest BCUT2D eigenvalue weighted by Gasteiger charge is 2.24. The topological polar surface area (TPSA) is 76.0 Å². The van der Waals surface area contributed by atoms with Crippen LogP contribution in [0.5, 0.6) is 0 Å². The first-order valence-electron chi connectivity index (χ1n) is 9.25. The summed E-state index contributed by atoms with van der Waals surface area (Å²) in [6, 6.07) is 5.59. The van der Waals surface area contributed by atoms with Gasteiger partial charge in [0.1, 0.15) is 0 Å². The summed E-state index contributed by atoms with van der Waals surface area (Å²) in [6.07, 6.45) is 7.90. The number of thioether (sulfide) groups is 1. The summed E-state index contributed by atoms with van der Waals surface area (Å²) in [7, 11) is 2.01.